The second-order valence-electron chi connectivity index (χ2n) is 14.2. The minimum atomic E-state index is -2.34. The molecule has 0 radical (unpaired) electrons. The number of nitrogens with one attached hydrogen (secondary N) is 1. The van der Waals surface area contributed by atoms with E-state index in [9.17, 15) is 31.9 Å². The molecule has 53 heavy (non-hydrogen) atoms. The maximum atomic E-state index is 14.4. The van der Waals surface area contributed by atoms with Crippen LogP contribution in [0.25, 0.3) is 0 Å². The summed E-state index contributed by atoms with van der Waals surface area (Å²) in [4.78, 5) is 15.3. The molecule has 292 valence electrons. The Morgan fingerprint density at radius 2 is 1.26 bits per heavy atom. The summed E-state index contributed by atoms with van der Waals surface area (Å²) in [5.41, 5.74) is 0.640. The van der Waals surface area contributed by atoms with E-state index < -0.39 is 53.0 Å². The number of benzene rings is 3. The number of hydrogen-bond donors (Lipinski definition) is 2. The zero-order valence-corrected chi connectivity index (χ0v) is 31.3. The number of aliphatic hydroxyl groups excluding tert-OH is 1. The third-order valence-corrected chi connectivity index (χ3v) is 10.1. The Kier molecular flexibility index (Phi) is 17.2. The zero-order valence-electron chi connectivity index (χ0n) is 31.3. The molecular weight excluding hydrogens is 691 g/mol. The molecule has 0 spiro atoms. The van der Waals surface area contributed by atoms with Crippen molar-refractivity contribution in [2.75, 3.05) is 25.0 Å². The number of halogens is 5. The largest absolute Gasteiger partial charge is 0.392 e. The van der Waals surface area contributed by atoms with Crippen LogP contribution in [0.3, 0.4) is 0 Å². The summed E-state index contributed by atoms with van der Waals surface area (Å²) in [6.45, 7) is 9.01. The van der Waals surface area contributed by atoms with Gasteiger partial charge in [-0.25, -0.2) is 22.0 Å². The first-order valence-electron chi connectivity index (χ1n) is 19.2. The van der Waals surface area contributed by atoms with Crippen molar-refractivity contribution >= 4 is 11.6 Å². The van der Waals surface area contributed by atoms with Crippen LogP contribution in [0, 0.1) is 35.0 Å². The Hall–Kier alpha value is -3.38. The van der Waals surface area contributed by atoms with E-state index >= 15 is 0 Å². The number of rotatable bonds is 21. The Bertz CT molecular complexity index is 1550. The smallest absolute Gasteiger partial charge is 0.261 e. The van der Waals surface area contributed by atoms with Crippen LogP contribution >= 0.6 is 0 Å². The van der Waals surface area contributed by atoms with Crippen LogP contribution in [-0.2, 0) is 16.1 Å². The lowest BCUT2D eigenvalue weighted by atomic mass is 9.90. The predicted molar refractivity (Wildman–Crippen MR) is 197 cm³/mol. The Morgan fingerprint density at radius 1 is 0.717 bits per heavy atom. The Morgan fingerprint density at radius 3 is 1.83 bits per heavy atom. The van der Waals surface area contributed by atoms with Gasteiger partial charge in [-0.3, -0.25) is 4.79 Å². The van der Waals surface area contributed by atoms with Crippen molar-refractivity contribution in [3.8, 4) is 0 Å². The number of nitrogens with zero attached hydrogens (tertiary/aromatic N) is 1. The molecule has 1 aliphatic rings. The summed E-state index contributed by atoms with van der Waals surface area (Å²) >= 11 is 0. The molecule has 1 fully saturated rings. The highest BCUT2D eigenvalue weighted by Crippen LogP contribution is 2.42. The monoisotopic (exact) mass is 746 g/mol. The third-order valence-electron chi connectivity index (χ3n) is 10.1. The van der Waals surface area contributed by atoms with Crippen LogP contribution < -0.4 is 5.32 Å². The molecule has 3 aromatic rings. The van der Waals surface area contributed by atoms with Gasteiger partial charge in [0, 0.05) is 23.7 Å². The van der Waals surface area contributed by atoms with Gasteiger partial charge in [0.15, 0.2) is 29.6 Å². The minimum Gasteiger partial charge on any atom is -0.392 e. The van der Waals surface area contributed by atoms with Gasteiger partial charge in [0.1, 0.15) is 5.56 Å². The molecule has 0 unspecified atom stereocenters. The van der Waals surface area contributed by atoms with Crippen LogP contribution in [-0.4, -0.2) is 41.7 Å². The van der Waals surface area contributed by atoms with Gasteiger partial charge in [-0.15, -0.1) is 0 Å². The fourth-order valence-electron chi connectivity index (χ4n) is 6.87. The first kappa shape index (κ1) is 42.4. The molecule has 1 heterocycles. The second kappa shape index (κ2) is 21.5. The van der Waals surface area contributed by atoms with E-state index in [-0.39, 0.29) is 24.3 Å². The third kappa shape index (κ3) is 11.8. The van der Waals surface area contributed by atoms with Gasteiger partial charge in [0.25, 0.3) is 5.91 Å². The van der Waals surface area contributed by atoms with Crippen LogP contribution in [0.2, 0.25) is 0 Å². The van der Waals surface area contributed by atoms with Crippen LogP contribution in [0.5, 0.6) is 0 Å². The quantitative estimate of drug-likeness (QED) is 0.0492. The summed E-state index contributed by atoms with van der Waals surface area (Å²) in [7, 11) is 0. The van der Waals surface area contributed by atoms with Crippen molar-refractivity contribution in [2.24, 2.45) is 5.92 Å². The van der Waals surface area contributed by atoms with Crippen molar-refractivity contribution in [1.82, 2.24) is 4.90 Å². The van der Waals surface area contributed by atoms with Crippen LogP contribution in [0.4, 0.5) is 27.6 Å². The summed E-state index contributed by atoms with van der Waals surface area (Å²) in [5, 5.41) is 11.9. The summed E-state index contributed by atoms with van der Waals surface area (Å²) in [6, 6.07) is 13.8. The van der Waals surface area contributed by atoms with Crippen molar-refractivity contribution in [1.29, 1.82) is 0 Å². The average Bonchev–Trinajstić information content (AvgIpc) is 3.16. The van der Waals surface area contributed by atoms with Gasteiger partial charge in [-0.2, -0.15) is 0 Å². The number of carbonyl (C=O) groups excluding carboxylic acids is 1. The average molecular weight is 747 g/mol. The molecule has 0 aromatic heterocycles. The number of unbranched alkanes of at least 4 members (excludes halogenated alkanes) is 10. The van der Waals surface area contributed by atoms with Gasteiger partial charge in [-0.1, -0.05) is 121 Å². The number of carbonyl (C=O) groups is 1. The molecule has 2 N–H and O–H groups in total. The standard InChI is InChI=1S/C42H55F5N2O4/c1-4-6-8-10-12-14-23-49(24-15-13-11-9-7-5-2)26-33-28(3)40(30-21-19-29(27-50)20-22-30)53-42(52-33)31-17-16-18-32(25-31)48-41(51)34-35(43)37(45)39(47)38(46)36(34)44/h16-22,25,28,33,40,42,50H,4-15,23-24,26-27H2,1-3H3,(H,48,51)/t28-,33+,40+,42+/m1/s1. The van der Waals surface area contributed by atoms with E-state index in [4.69, 9.17) is 9.47 Å². The van der Waals surface area contributed by atoms with Crippen molar-refractivity contribution in [2.45, 2.75) is 123 Å². The first-order chi connectivity index (χ1) is 25.6. The Labute approximate surface area is 311 Å². The van der Waals surface area contributed by atoms with E-state index in [0.29, 0.717) is 12.1 Å². The first-order valence-corrected chi connectivity index (χ1v) is 19.2. The number of aliphatic hydroxyl groups is 1. The SMILES string of the molecule is CCCCCCCCN(CCCCCCCC)C[C@@H]1O[C@H](c2cccc(NC(=O)c3c(F)c(F)c(F)c(F)c3F)c2)O[C@H](c2ccc(CO)cc2)[C@@H]1C. The molecule has 1 amide bonds. The normalized spacial score (nSPS) is 18.8. The minimum absolute atomic E-state index is 0.0513. The number of amides is 1. The maximum absolute atomic E-state index is 14.4. The molecule has 4 rings (SSSR count). The predicted octanol–water partition coefficient (Wildman–Crippen LogP) is 10.9. The molecule has 6 nitrogen and oxygen atoms in total. The van der Waals surface area contributed by atoms with Crippen LogP contribution in [0.1, 0.15) is 137 Å². The highest BCUT2D eigenvalue weighted by molar-refractivity contribution is 6.04. The van der Waals surface area contributed by atoms with Gasteiger partial charge in [-0.05, 0) is 49.2 Å². The van der Waals surface area contributed by atoms with Crippen molar-refractivity contribution in [3.63, 3.8) is 0 Å². The van der Waals surface area contributed by atoms with Gasteiger partial charge in [0.2, 0.25) is 5.82 Å². The molecule has 1 saturated heterocycles. The highest BCUT2D eigenvalue weighted by atomic mass is 19.2. The van der Waals surface area contributed by atoms with E-state index in [0.717, 1.165) is 37.1 Å². The van der Waals surface area contributed by atoms with E-state index in [2.05, 4.69) is 31.0 Å². The van der Waals surface area contributed by atoms with Crippen molar-refractivity contribution < 1.29 is 41.3 Å². The van der Waals surface area contributed by atoms with E-state index in [1.807, 2.05) is 24.3 Å². The molecule has 0 bridgehead atoms. The highest BCUT2D eigenvalue weighted by Gasteiger charge is 2.39. The molecule has 1 aliphatic heterocycles. The molecule has 0 aliphatic carbocycles. The fourth-order valence-corrected chi connectivity index (χ4v) is 6.87. The topological polar surface area (TPSA) is 71.0 Å². The van der Waals surface area contributed by atoms with Gasteiger partial charge >= 0.3 is 0 Å². The second-order valence-corrected chi connectivity index (χ2v) is 14.2. The fraction of sp³-hybridized carbons (Fsp3) is 0.548. The molecular formula is C42H55F5N2O4. The molecule has 4 atom stereocenters. The zero-order chi connectivity index (χ0) is 38.3. The van der Waals surface area contributed by atoms with E-state index in [1.165, 1.54) is 76.3 Å². The molecule has 0 saturated carbocycles. The lowest BCUT2D eigenvalue weighted by molar-refractivity contribution is -0.276. The number of hydrogen-bond acceptors (Lipinski definition) is 5. The van der Waals surface area contributed by atoms with Gasteiger partial charge < -0.3 is 24.8 Å². The van der Waals surface area contributed by atoms with Crippen molar-refractivity contribution in [3.05, 3.63) is 99.9 Å². The molecule has 11 heteroatoms. The van der Waals surface area contributed by atoms with E-state index in [1.54, 1.807) is 12.1 Å². The summed E-state index contributed by atoms with van der Waals surface area (Å²) < 4.78 is 83.4. The molecule has 3 aromatic carbocycles. The lowest BCUT2D eigenvalue weighted by Crippen LogP contribution is -2.45. The maximum Gasteiger partial charge on any atom is 0.261 e. The van der Waals surface area contributed by atoms with Gasteiger partial charge in [0.05, 0.1) is 18.8 Å². The Balaban J connectivity index is 1.57. The number of anilines is 1. The summed E-state index contributed by atoms with van der Waals surface area (Å²) in [5.74, 6) is -12.7. The number of ether oxygens (including phenoxy) is 2. The van der Waals surface area contributed by atoms with Crippen LogP contribution in [0.15, 0.2) is 48.5 Å². The lowest BCUT2D eigenvalue weighted by Gasteiger charge is -2.43. The summed E-state index contributed by atoms with van der Waals surface area (Å²) in [6.07, 6.45) is 12.8.